The highest BCUT2D eigenvalue weighted by Crippen LogP contribution is 2.29. The van der Waals surface area contributed by atoms with Gasteiger partial charge in [-0.15, -0.1) is 0 Å². The third-order valence-electron chi connectivity index (χ3n) is 3.28. The zero-order valence-electron chi connectivity index (χ0n) is 10.2. The zero-order chi connectivity index (χ0) is 11.3. The highest BCUT2D eigenvalue weighted by molar-refractivity contribution is 4.83. The van der Waals surface area contributed by atoms with Gasteiger partial charge in [0.1, 0.15) is 0 Å². The fourth-order valence-corrected chi connectivity index (χ4v) is 2.53. The Hall–Kier alpha value is -0.160. The summed E-state index contributed by atoms with van der Waals surface area (Å²) in [4.78, 5) is 2.44. The Labute approximate surface area is 97.8 Å². The predicted octanol–water partition coefficient (Wildman–Crippen LogP) is 1.25. The van der Waals surface area contributed by atoms with Crippen LogP contribution in [0.2, 0.25) is 0 Å². The maximum atomic E-state index is 5.74. The van der Waals surface area contributed by atoms with E-state index in [0.29, 0.717) is 0 Å². The van der Waals surface area contributed by atoms with E-state index in [1.807, 2.05) is 6.92 Å². The van der Waals surface area contributed by atoms with E-state index in [0.717, 1.165) is 52.4 Å². The van der Waals surface area contributed by atoms with Crippen molar-refractivity contribution < 1.29 is 14.2 Å². The number of hydrogen-bond acceptors (Lipinski definition) is 4. The molecule has 2 heterocycles. The van der Waals surface area contributed by atoms with Crippen molar-refractivity contribution in [1.82, 2.24) is 4.90 Å². The van der Waals surface area contributed by atoms with Crippen molar-refractivity contribution in [2.45, 2.75) is 32.0 Å². The van der Waals surface area contributed by atoms with Crippen LogP contribution in [0.5, 0.6) is 0 Å². The van der Waals surface area contributed by atoms with Crippen LogP contribution >= 0.6 is 0 Å². The molecule has 1 spiro atoms. The van der Waals surface area contributed by atoms with Gasteiger partial charge in [0.25, 0.3) is 0 Å². The lowest BCUT2D eigenvalue weighted by Crippen LogP contribution is -2.49. The molecule has 2 saturated heterocycles. The van der Waals surface area contributed by atoms with Crippen LogP contribution in [0, 0.1) is 0 Å². The molecule has 2 aliphatic rings. The largest absolute Gasteiger partial charge is 0.382 e. The highest BCUT2D eigenvalue weighted by Gasteiger charge is 2.40. The third-order valence-corrected chi connectivity index (χ3v) is 3.28. The summed E-state index contributed by atoms with van der Waals surface area (Å²) in [6.45, 7) is 8.42. The fraction of sp³-hybridized carbons (Fsp3) is 1.00. The maximum Gasteiger partial charge on any atom is 0.181 e. The minimum Gasteiger partial charge on any atom is -0.382 e. The second-order valence-corrected chi connectivity index (χ2v) is 4.54. The van der Waals surface area contributed by atoms with Crippen molar-refractivity contribution in [3.8, 4) is 0 Å². The predicted molar refractivity (Wildman–Crippen MR) is 61.4 cm³/mol. The Morgan fingerprint density at radius 3 is 2.88 bits per heavy atom. The highest BCUT2D eigenvalue weighted by atomic mass is 16.7. The second-order valence-electron chi connectivity index (χ2n) is 4.54. The molecule has 0 radical (unpaired) electrons. The number of piperidine rings is 1. The van der Waals surface area contributed by atoms with Crippen molar-refractivity contribution in [1.29, 1.82) is 0 Å². The van der Waals surface area contributed by atoms with E-state index in [1.165, 1.54) is 13.0 Å². The molecule has 94 valence electrons. The molecular weight excluding hydrogens is 206 g/mol. The van der Waals surface area contributed by atoms with E-state index < -0.39 is 0 Å². The molecule has 0 unspecified atom stereocenters. The molecule has 0 N–H and O–H groups in total. The van der Waals surface area contributed by atoms with Gasteiger partial charge in [0.2, 0.25) is 0 Å². The van der Waals surface area contributed by atoms with Crippen molar-refractivity contribution in [2.75, 3.05) is 46.1 Å². The standard InChI is InChI=1S/C12H23NO3/c1-2-14-8-4-7-13-6-3-5-12(11-13)15-9-10-16-12/h2-11H2,1H3. The summed E-state index contributed by atoms with van der Waals surface area (Å²) >= 11 is 0. The summed E-state index contributed by atoms with van der Waals surface area (Å²) in [7, 11) is 0. The molecule has 4 nitrogen and oxygen atoms in total. The van der Waals surface area contributed by atoms with Gasteiger partial charge in [-0.2, -0.15) is 0 Å². The average molecular weight is 229 g/mol. The molecule has 0 amide bonds. The first kappa shape index (κ1) is 12.3. The van der Waals surface area contributed by atoms with E-state index in [4.69, 9.17) is 14.2 Å². The quantitative estimate of drug-likeness (QED) is 0.664. The zero-order valence-corrected chi connectivity index (χ0v) is 10.2. The van der Waals surface area contributed by atoms with Crippen LogP contribution < -0.4 is 0 Å². The van der Waals surface area contributed by atoms with Crippen LogP contribution in [-0.2, 0) is 14.2 Å². The number of ether oxygens (including phenoxy) is 3. The lowest BCUT2D eigenvalue weighted by Gasteiger charge is -2.38. The molecule has 0 saturated carbocycles. The Morgan fingerprint density at radius 2 is 2.12 bits per heavy atom. The third kappa shape index (κ3) is 3.17. The van der Waals surface area contributed by atoms with Gasteiger partial charge in [-0.25, -0.2) is 0 Å². The molecular formula is C12H23NO3. The van der Waals surface area contributed by atoms with Gasteiger partial charge in [0.15, 0.2) is 5.79 Å². The Bertz CT molecular complexity index is 204. The molecule has 0 aliphatic carbocycles. The number of hydrogen-bond donors (Lipinski definition) is 0. The summed E-state index contributed by atoms with van der Waals surface area (Å²) in [6, 6.07) is 0. The number of nitrogens with zero attached hydrogens (tertiary/aromatic N) is 1. The summed E-state index contributed by atoms with van der Waals surface area (Å²) < 4.78 is 16.8. The van der Waals surface area contributed by atoms with Gasteiger partial charge in [0, 0.05) is 26.2 Å². The lowest BCUT2D eigenvalue weighted by molar-refractivity contribution is -0.189. The van der Waals surface area contributed by atoms with Gasteiger partial charge < -0.3 is 14.2 Å². The minimum absolute atomic E-state index is 0.274. The van der Waals surface area contributed by atoms with Crippen LogP contribution in [0.15, 0.2) is 0 Å². The minimum atomic E-state index is -0.274. The lowest BCUT2D eigenvalue weighted by atomic mass is 10.0. The van der Waals surface area contributed by atoms with Crippen molar-refractivity contribution in [2.24, 2.45) is 0 Å². The maximum absolute atomic E-state index is 5.74. The SMILES string of the molecule is CCOCCCN1CCCC2(C1)OCCO2. The molecule has 4 heteroatoms. The van der Waals surface area contributed by atoms with Crippen molar-refractivity contribution >= 4 is 0 Å². The van der Waals surface area contributed by atoms with Gasteiger partial charge in [-0.1, -0.05) is 0 Å². The molecule has 0 aromatic rings. The van der Waals surface area contributed by atoms with Crippen LogP contribution in [-0.4, -0.2) is 56.7 Å². The molecule has 2 rings (SSSR count). The van der Waals surface area contributed by atoms with Crippen molar-refractivity contribution in [3.63, 3.8) is 0 Å². The molecule has 16 heavy (non-hydrogen) atoms. The average Bonchev–Trinajstić information content (AvgIpc) is 2.73. The molecule has 0 atom stereocenters. The first-order valence-electron chi connectivity index (χ1n) is 6.43. The molecule has 0 aromatic carbocycles. The van der Waals surface area contributed by atoms with E-state index in [-0.39, 0.29) is 5.79 Å². The monoisotopic (exact) mass is 229 g/mol. The van der Waals surface area contributed by atoms with E-state index in [2.05, 4.69) is 4.90 Å². The van der Waals surface area contributed by atoms with Crippen LogP contribution in [0.1, 0.15) is 26.2 Å². The van der Waals surface area contributed by atoms with E-state index in [1.54, 1.807) is 0 Å². The van der Waals surface area contributed by atoms with Gasteiger partial charge in [0.05, 0.1) is 19.8 Å². The molecule has 2 fully saturated rings. The summed E-state index contributed by atoms with van der Waals surface area (Å²) in [5.41, 5.74) is 0. The van der Waals surface area contributed by atoms with E-state index >= 15 is 0 Å². The van der Waals surface area contributed by atoms with Gasteiger partial charge in [-0.3, -0.25) is 4.90 Å². The summed E-state index contributed by atoms with van der Waals surface area (Å²) in [5.74, 6) is -0.274. The number of likely N-dealkylation sites (tertiary alicyclic amines) is 1. The first-order valence-corrected chi connectivity index (χ1v) is 6.43. The fourth-order valence-electron chi connectivity index (χ4n) is 2.53. The molecule has 0 bridgehead atoms. The van der Waals surface area contributed by atoms with E-state index in [9.17, 15) is 0 Å². The summed E-state index contributed by atoms with van der Waals surface area (Å²) in [6.07, 6.45) is 3.33. The van der Waals surface area contributed by atoms with Crippen LogP contribution in [0.3, 0.4) is 0 Å². The topological polar surface area (TPSA) is 30.9 Å². The van der Waals surface area contributed by atoms with Gasteiger partial charge in [-0.05, 0) is 26.3 Å². The second kappa shape index (κ2) is 5.96. The molecule has 0 aromatic heterocycles. The molecule has 2 aliphatic heterocycles. The van der Waals surface area contributed by atoms with Crippen LogP contribution in [0.25, 0.3) is 0 Å². The normalized spacial score (nSPS) is 25.3. The van der Waals surface area contributed by atoms with Crippen LogP contribution in [0.4, 0.5) is 0 Å². The Kier molecular flexibility index (Phi) is 4.58. The summed E-state index contributed by atoms with van der Waals surface area (Å²) in [5, 5.41) is 0. The Balaban J connectivity index is 1.70. The number of rotatable bonds is 5. The first-order chi connectivity index (χ1) is 7.85. The van der Waals surface area contributed by atoms with Gasteiger partial charge >= 0.3 is 0 Å². The smallest absolute Gasteiger partial charge is 0.181 e. The van der Waals surface area contributed by atoms with Crippen molar-refractivity contribution in [3.05, 3.63) is 0 Å². The Morgan fingerprint density at radius 1 is 1.31 bits per heavy atom.